The van der Waals surface area contributed by atoms with Crippen LogP contribution < -0.4 is 5.32 Å². The molecule has 0 aliphatic rings. The van der Waals surface area contributed by atoms with Crippen LogP contribution in [0.15, 0.2) is 0 Å². The van der Waals surface area contributed by atoms with Crippen LogP contribution in [0.25, 0.3) is 0 Å². The van der Waals surface area contributed by atoms with Crippen LogP contribution in [0.2, 0.25) is 0 Å². The highest BCUT2D eigenvalue weighted by Gasteiger charge is 2.38. The molecule has 0 aliphatic heterocycles. The minimum absolute atomic E-state index is 0.113. The van der Waals surface area contributed by atoms with E-state index < -0.39 is 18.2 Å². The predicted octanol–water partition coefficient (Wildman–Crippen LogP) is 0.436. The molecule has 0 fully saturated rings. The van der Waals surface area contributed by atoms with Crippen LogP contribution in [-0.4, -0.2) is 29.8 Å². The van der Waals surface area contributed by atoms with Gasteiger partial charge in [-0.1, -0.05) is 0 Å². The number of alkyl halides is 3. The highest BCUT2D eigenvalue weighted by atomic mass is 19.4. The quantitative estimate of drug-likeness (QED) is 0.670. The summed E-state index contributed by atoms with van der Waals surface area (Å²) in [7, 11) is 0. The molecule has 3 nitrogen and oxygen atoms in total. The summed E-state index contributed by atoms with van der Waals surface area (Å²) in [4.78, 5) is 10.1. The Labute approximate surface area is 67.6 Å². The van der Waals surface area contributed by atoms with E-state index in [0.717, 1.165) is 0 Å². The Kier molecular flexibility index (Phi) is 4.02. The number of carbonyl (C=O) groups excluding carboxylic acids is 1. The van der Waals surface area contributed by atoms with Crippen molar-refractivity contribution < 1.29 is 23.1 Å². The van der Waals surface area contributed by atoms with Gasteiger partial charge in [0.2, 0.25) is 0 Å². The first-order valence-corrected chi connectivity index (χ1v) is 3.37. The highest BCUT2D eigenvalue weighted by molar-refractivity contribution is 5.81. The maximum atomic E-state index is 11.5. The number of hydrogen-bond acceptors (Lipinski definition) is 2. The molecule has 12 heavy (non-hydrogen) atoms. The van der Waals surface area contributed by atoms with Crippen molar-refractivity contribution in [1.29, 1.82) is 0 Å². The van der Waals surface area contributed by atoms with Crippen LogP contribution in [0.1, 0.15) is 13.3 Å². The monoisotopic (exact) mass is 185 g/mol. The largest absolute Gasteiger partial charge is 0.471 e. The third-order valence-electron chi connectivity index (χ3n) is 1.11. The van der Waals surface area contributed by atoms with Gasteiger partial charge in [0.05, 0.1) is 6.10 Å². The molecule has 2 N–H and O–H groups in total. The molecule has 0 unspecified atom stereocenters. The fourth-order valence-electron chi connectivity index (χ4n) is 0.495. The number of hydrogen-bond donors (Lipinski definition) is 2. The lowest BCUT2D eigenvalue weighted by molar-refractivity contribution is -0.173. The maximum absolute atomic E-state index is 11.5. The standard InChI is InChI=1S/C6H10F3NO2/c1-4(11)2-3-10-5(12)6(7,8)9/h4,11H,2-3H2,1H3,(H,10,12)/t4-/m0/s1. The van der Waals surface area contributed by atoms with Gasteiger partial charge in [0.1, 0.15) is 0 Å². The number of amides is 1. The number of halogens is 3. The molecule has 0 saturated heterocycles. The Bertz CT molecular complexity index is 155. The van der Waals surface area contributed by atoms with Crippen LogP contribution in [0.3, 0.4) is 0 Å². The van der Waals surface area contributed by atoms with Crippen molar-refractivity contribution in [2.45, 2.75) is 25.6 Å². The van der Waals surface area contributed by atoms with Crippen molar-refractivity contribution in [2.24, 2.45) is 0 Å². The molecule has 72 valence electrons. The van der Waals surface area contributed by atoms with Crippen LogP contribution >= 0.6 is 0 Å². The van der Waals surface area contributed by atoms with E-state index in [2.05, 4.69) is 0 Å². The maximum Gasteiger partial charge on any atom is 0.471 e. The van der Waals surface area contributed by atoms with Crippen LogP contribution in [0, 0.1) is 0 Å². The number of aliphatic hydroxyl groups excluding tert-OH is 1. The Balaban J connectivity index is 3.59. The first-order chi connectivity index (χ1) is 5.34. The fraction of sp³-hybridized carbons (Fsp3) is 0.833. The molecule has 0 rings (SSSR count). The van der Waals surface area contributed by atoms with Gasteiger partial charge in [-0.2, -0.15) is 13.2 Å². The van der Waals surface area contributed by atoms with E-state index in [1.165, 1.54) is 6.92 Å². The minimum Gasteiger partial charge on any atom is -0.393 e. The van der Waals surface area contributed by atoms with Gasteiger partial charge in [-0.05, 0) is 13.3 Å². The van der Waals surface area contributed by atoms with Gasteiger partial charge in [0.25, 0.3) is 0 Å². The Morgan fingerprint density at radius 3 is 2.42 bits per heavy atom. The van der Waals surface area contributed by atoms with Crippen molar-refractivity contribution in [3.05, 3.63) is 0 Å². The molecular formula is C6H10F3NO2. The van der Waals surface area contributed by atoms with Gasteiger partial charge in [-0.3, -0.25) is 4.79 Å². The van der Waals surface area contributed by atoms with Gasteiger partial charge in [-0.15, -0.1) is 0 Å². The lowest BCUT2D eigenvalue weighted by atomic mass is 10.3. The van der Waals surface area contributed by atoms with E-state index in [4.69, 9.17) is 5.11 Å². The highest BCUT2D eigenvalue weighted by Crippen LogP contribution is 2.13. The molecule has 0 radical (unpaired) electrons. The number of aliphatic hydroxyl groups is 1. The van der Waals surface area contributed by atoms with Gasteiger partial charge in [0.15, 0.2) is 0 Å². The third kappa shape index (κ3) is 4.95. The van der Waals surface area contributed by atoms with E-state index >= 15 is 0 Å². The molecule has 0 saturated carbocycles. The second-order valence-electron chi connectivity index (χ2n) is 2.39. The SMILES string of the molecule is C[C@H](O)CCNC(=O)C(F)(F)F. The third-order valence-corrected chi connectivity index (χ3v) is 1.11. The first kappa shape index (κ1) is 11.2. The molecule has 0 aromatic rings. The van der Waals surface area contributed by atoms with Gasteiger partial charge in [-0.25, -0.2) is 0 Å². The van der Waals surface area contributed by atoms with Crippen LogP contribution in [-0.2, 0) is 4.79 Å². The molecule has 0 aliphatic carbocycles. The van der Waals surface area contributed by atoms with E-state index in [9.17, 15) is 18.0 Å². The average molecular weight is 185 g/mol. The summed E-state index contributed by atoms with van der Waals surface area (Å²) in [5.41, 5.74) is 0. The first-order valence-electron chi connectivity index (χ1n) is 3.37. The molecule has 0 aromatic heterocycles. The van der Waals surface area contributed by atoms with Crippen LogP contribution in [0.4, 0.5) is 13.2 Å². The average Bonchev–Trinajstić information content (AvgIpc) is 1.84. The fourth-order valence-corrected chi connectivity index (χ4v) is 0.495. The summed E-state index contributed by atoms with van der Waals surface area (Å²) < 4.78 is 34.5. The molecule has 1 atom stereocenters. The van der Waals surface area contributed by atoms with Gasteiger partial charge >= 0.3 is 12.1 Å². The van der Waals surface area contributed by atoms with Gasteiger partial charge in [0, 0.05) is 6.54 Å². The molecule has 0 bridgehead atoms. The Morgan fingerprint density at radius 1 is 1.58 bits per heavy atom. The van der Waals surface area contributed by atoms with Crippen LogP contribution in [0.5, 0.6) is 0 Å². The second kappa shape index (κ2) is 4.30. The van der Waals surface area contributed by atoms with E-state index in [1.54, 1.807) is 5.32 Å². The topological polar surface area (TPSA) is 49.3 Å². The summed E-state index contributed by atoms with van der Waals surface area (Å²) in [6, 6.07) is 0. The summed E-state index contributed by atoms with van der Waals surface area (Å²) >= 11 is 0. The molecule has 0 spiro atoms. The molecule has 1 amide bonds. The zero-order valence-electron chi connectivity index (χ0n) is 6.48. The lowest BCUT2D eigenvalue weighted by Crippen LogP contribution is -2.37. The van der Waals surface area contributed by atoms with Crippen molar-refractivity contribution in [1.82, 2.24) is 5.32 Å². The van der Waals surface area contributed by atoms with Crippen molar-refractivity contribution in [3.8, 4) is 0 Å². The smallest absolute Gasteiger partial charge is 0.393 e. The molecular weight excluding hydrogens is 175 g/mol. The normalized spacial score (nSPS) is 14.1. The van der Waals surface area contributed by atoms with Crippen molar-refractivity contribution >= 4 is 5.91 Å². The summed E-state index contributed by atoms with van der Waals surface area (Å²) in [6.07, 6.45) is -5.43. The molecule has 0 heterocycles. The van der Waals surface area contributed by atoms with Crippen molar-refractivity contribution in [3.63, 3.8) is 0 Å². The summed E-state index contributed by atoms with van der Waals surface area (Å²) in [5, 5.41) is 10.3. The summed E-state index contributed by atoms with van der Waals surface area (Å²) in [5.74, 6) is -1.97. The van der Waals surface area contributed by atoms with E-state index in [0.29, 0.717) is 0 Å². The van der Waals surface area contributed by atoms with Gasteiger partial charge < -0.3 is 10.4 Å². The lowest BCUT2D eigenvalue weighted by Gasteiger charge is -2.08. The Morgan fingerprint density at radius 2 is 2.08 bits per heavy atom. The zero-order valence-corrected chi connectivity index (χ0v) is 6.48. The minimum atomic E-state index is -4.83. The Hall–Kier alpha value is -0.780. The second-order valence-corrected chi connectivity index (χ2v) is 2.39. The molecule has 0 aromatic carbocycles. The molecule has 6 heteroatoms. The van der Waals surface area contributed by atoms with E-state index in [1.807, 2.05) is 0 Å². The zero-order chi connectivity index (χ0) is 9.78. The van der Waals surface area contributed by atoms with Crippen molar-refractivity contribution in [2.75, 3.05) is 6.54 Å². The predicted molar refractivity (Wildman–Crippen MR) is 35.4 cm³/mol. The number of carbonyl (C=O) groups is 1. The number of nitrogens with one attached hydrogen (secondary N) is 1. The number of rotatable bonds is 3. The van der Waals surface area contributed by atoms with E-state index in [-0.39, 0.29) is 13.0 Å². The summed E-state index contributed by atoms with van der Waals surface area (Å²) in [6.45, 7) is 1.26.